The van der Waals surface area contributed by atoms with Crippen molar-refractivity contribution in [2.75, 3.05) is 31.6 Å². The third-order valence-electron chi connectivity index (χ3n) is 2.89. The fraction of sp³-hybridized carbons (Fsp3) is 0.538. The Labute approximate surface area is 102 Å². The molecule has 17 heavy (non-hydrogen) atoms. The first kappa shape index (κ1) is 13.9. The van der Waals surface area contributed by atoms with Crippen LogP contribution in [0.4, 0.5) is 10.1 Å². The van der Waals surface area contributed by atoms with Crippen molar-refractivity contribution < 1.29 is 9.13 Å². The van der Waals surface area contributed by atoms with Gasteiger partial charge in [-0.25, -0.2) is 4.39 Å². The first-order valence-electron chi connectivity index (χ1n) is 5.95. The number of hydrogen-bond donors (Lipinski definition) is 1. The van der Waals surface area contributed by atoms with Gasteiger partial charge >= 0.3 is 0 Å². The summed E-state index contributed by atoms with van der Waals surface area (Å²) in [4.78, 5) is 2.00. The molecule has 1 rings (SSSR count). The molecule has 0 aliphatic rings. The summed E-state index contributed by atoms with van der Waals surface area (Å²) < 4.78 is 18.8. The molecule has 0 saturated carbocycles. The summed E-state index contributed by atoms with van der Waals surface area (Å²) >= 11 is 0. The monoisotopic (exact) mass is 240 g/mol. The molecule has 1 aromatic carbocycles. The van der Waals surface area contributed by atoms with Crippen molar-refractivity contribution in [3.8, 4) is 0 Å². The summed E-state index contributed by atoms with van der Waals surface area (Å²) in [6, 6.07) is 6.82. The van der Waals surface area contributed by atoms with Crippen molar-refractivity contribution in [1.82, 2.24) is 0 Å². The molecule has 1 aromatic rings. The number of halogens is 1. The van der Waals surface area contributed by atoms with Crippen LogP contribution in [0.1, 0.15) is 13.3 Å². The van der Waals surface area contributed by atoms with Gasteiger partial charge in [-0.05, 0) is 25.5 Å². The highest BCUT2D eigenvalue weighted by Crippen LogP contribution is 2.18. The van der Waals surface area contributed by atoms with E-state index in [9.17, 15) is 4.39 Å². The van der Waals surface area contributed by atoms with Crippen LogP contribution in [0.25, 0.3) is 0 Å². The summed E-state index contributed by atoms with van der Waals surface area (Å²) in [6.07, 6.45) is 0.839. The maximum Gasteiger partial charge on any atom is 0.146 e. The highest BCUT2D eigenvalue weighted by molar-refractivity contribution is 5.47. The number of benzene rings is 1. The number of anilines is 1. The van der Waals surface area contributed by atoms with Crippen LogP contribution in [-0.4, -0.2) is 32.8 Å². The Balaban J connectivity index is 2.63. The number of hydrogen-bond acceptors (Lipinski definition) is 3. The fourth-order valence-corrected chi connectivity index (χ4v) is 1.79. The van der Waals surface area contributed by atoms with Gasteiger partial charge in [0.05, 0.1) is 11.8 Å². The van der Waals surface area contributed by atoms with Crippen molar-refractivity contribution in [3.63, 3.8) is 0 Å². The number of nitrogens with two attached hydrogens (primary N) is 1. The predicted molar refractivity (Wildman–Crippen MR) is 68.8 cm³/mol. The molecular weight excluding hydrogens is 219 g/mol. The second kappa shape index (κ2) is 7.25. The van der Waals surface area contributed by atoms with E-state index < -0.39 is 0 Å². The normalized spacial score (nSPS) is 12.5. The van der Waals surface area contributed by atoms with E-state index in [1.165, 1.54) is 6.07 Å². The summed E-state index contributed by atoms with van der Waals surface area (Å²) in [5.74, 6) is -0.184. The SMILES string of the molecule is CCN(CCC(CN)OC)c1ccccc1F. The van der Waals surface area contributed by atoms with Gasteiger partial charge in [0.15, 0.2) is 0 Å². The van der Waals surface area contributed by atoms with Crippen LogP contribution < -0.4 is 10.6 Å². The lowest BCUT2D eigenvalue weighted by Gasteiger charge is -2.25. The molecule has 0 radical (unpaired) electrons. The number of rotatable bonds is 7. The molecule has 3 nitrogen and oxygen atoms in total. The van der Waals surface area contributed by atoms with Crippen molar-refractivity contribution >= 4 is 5.69 Å². The molecule has 0 aliphatic carbocycles. The van der Waals surface area contributed by atoms with Crippen LogP contribution >= 0.6 is 0 Å². The molecule has 4 heteroatoms. The standard InChI is InChI=1S/C13H21FN2O/c1-3-16(9-8-11(10-15)17-2)13-7-5-4-6-12(13)14/h4-7,11H,3,8-10,15H2,1-2H3. The summed E-state index contributed by atoms with van der Waals surface area (Å²) in [5, 5.41) is 0. The molecule has 0 bridgehead atoms. The molecule has 1 unspecified atom stereocenters. The van der Waals surface area contributed by atoms with E-state index in [0.29, 0.717) is 12.2 Å². The lowest BCUT2D eigenvalue weighted by Crippen LogP contribution is -2.31. The Morgan fingerprint density at radius 2 is 2.12 bits per heavy atom. The molecule has 0 saturated heterocycles. The number of methoxy groups -OCH3 is 1. The van der Waals surface area contributed by atoms with E-state index in [-0.39, 0.29) is 11.9 Å². The van der Waals surface area contributed by atoms with Crippen molar-refractivity contribution in [3.05, 3.63) is 30.1 Å². The second-order valence-corrected chi connectivity index (χ2v) is 3.91. The number of para-hydroxylation sites is 1. The Kier molecular flexibility index (Phi) is 5.94. The minimum atomic E-state index is -0.184. The second-order valence-electron chi connectivity index (χ2n) is 3.91. The van der Waals surface area contributed by atoms with Crippen LogP contribution in [0.5, 0.6) is 0 Å². The third kappa shape index (κ3) is 3.98. The molecular formula is C13H21FN2O. The van der Waals surface area contributed by atoms with E-state index in [1.807, 2.05) is 17.9 Å². The predicted octanol–water partition coefficient (Wildman–Crippen LogP) is 2.02. The van der Waals surface area contributed by atoms with Crippen molar-refractivity contribution in [1.29, 1.82) is 0 Å². The van der Waals surface area contributed by atoms with Gasteiger partial charge < -0.3 is 15.4 Å². The zero-order valence-electron chi connectivity index (χ0n) is 10.5. The van der Waals surface area contributed by atoms with E-state index in [1.54, 1.807) is 19.2 Å². The van der Waals surface area contributed by atoms with Crippen LogP contribution in [0, 0.1) is 5.82 Å². The molecule has 0 spiro atoms. The molecule has 0 heterocycles. The maximum absolute atomic E-state index is 13.6. The number of nitrogens with zero attached hydrogens (tertiary/aromatic N) is 1. The quantitative estimate of drug-likeness (QED) is 0.792. The fourth-order valence-electron chi connectivity index (χ4n) is 1.79. The zero-order valence-corrected chi connectivity index (χ0v) is 10.5. The zero-order chi connectivity index (χ0) is 12.7. The molecule has 0 aromatic heterocycles. The first-order valence-corrected chi connectivity index (χ1v) is 5.95. The first-order chi connectivity index (χ1) is 8.22. The van der Waals surface area contributed by atoms with Gasteiger partial charge in [0, 0.05) is 26.7 Å². The third-order valence-corrected chi connectivity index (χ3v) is 2.89. The van der Waals surface area contributed by atoms with Gasteiger partial charge in [-0.15, -0.1) is 0 Å². The molecule has 0 amide bonds. The largest absolute Gasteiger partial charge is 0.380 e. The van der Waals surface area contributed by atoms with Gasteiger partial charge in [0.2, 0.25) is 0 Å². The van der Waals surface area contributed by atoms with E-state index in [2.05, 4.69) is 0 Å². The summed E-state index contributed by atoms with van der Waals surface area (Å²) in [6.45, 7) is 4.01. The minimum absolute atomic E-state index is 0.0378. The molecule has 2 N–H and O–H groups in total. The van der Waals surface area contributed by atoms with Crippen molar-refractivity contribution in [2.45, 2.75) is 19.4 Å². The smallest absolute Gasteiger partial charge is 0.146 e. The van der Waals surface area contributed by atoms with Gasteiger partial charge in [-0.3, -0.25) is 0 Å². The Morgan fingerprint density at radius 3 is 2.65 bits per heavy atom. The van der Waals surface area contributed by atoms with Crippen molar-refractivity contribution in [2.24, 2.45) is 5.73 Å². The lowest BCUT2D eigenvalue weighted by atomic mass is 10.2. The Hall–Kier alpha value is -1.13. The topological polar surface area (TPSA) is 38.5 Å². The molecule has 1 atom stereocenters. The van der Waals surface area contributed by atoms with Crippen LogP contribution in [-0.2, 0) is 4.74 Å². The van der Waals surface area contributed by atoms with Gasteiger partial charge in [-0.1, -0.05) is 12.1 Å². The average molecular weight is 240 g/mol. The lowest BCUT2D eigenvalue weighted by molar-refractivity contribution is 0.104. The molecule has 96 valence electrons. The minimum Gasteiger partial charge on any atom is -0.380 e. The van der Waals surface area contributed by atoms with Crippen LogP contribution in [0.15, 0.2) is 24.3 Å². The summed E-state index contributed by atoms with van der Waals surface area (Å²) in [7, 11) is 1.65. The Bertz CT molecular complexity index is 329. The summed E-state index contributed by atoms with van der Waals surface area (Å²) in [5.41, 5.74) is 6.20. The van der Waals surface area contributed by atoms with E-state index in [0.717, 1.165) is 19.5 Å². The van der Waals surface area contributed by atoms with Crippen LogP contribution in [0.2, 0.25) is 0 Å². The van der Waals surface area contributed by atoms with E-state index in [4.69, 9.17) is 10.5 Å². The maximum atomic E-state index is 13.6. The van der Waals surface area contributed by atoms with Crippen LogP contribution in [0.3, 0.4) is 0 Å². The highest BCUT2D eigenvalue weighted by atomic mass is 19.1. The van der Waals surface area contributed by atoms with E-state index >= 15 is 0 Å². The van der Waals surface area contributed by atoms with Gasteiger partial charge in [0.25, 0.3) is 0 Å². The number of ether oxygens (including phenoxy) is 1. The van der Waals surface area contributed by atoms with Gasteiger partial charge in [0.1, 0.15) is 5.82 Å². The highest BCUT2D eigenvalue weighted by Gasteiger charge is 2.11. The van der Waals surface area contributed by atoms with Gasteiger partial charge in [-0.2, -0.15) is 0 Å². The molecule has 0 aliphatic heterocycles. The average Bonchev–Trinajstić information content (AvgIpc) is 2.36. The molecule has 0 fully saturated rings. The Morgan fingerprint density at radius 1 is 1.41 bits per heavy atom.